The van der Waals surface area contributed by atoms with Gasteiger partial charge in [-0.05, 0) is 36.1 Å². The van der Waals surface area contributed by atoms with Crippen LogP contribution in [-0.2, 0) is 6.42 Å². The molecule has 2 nitrogen and oxygen atoms in total. The van der Waals surface area contributed by atoms with Crippen molar-refractivity contribution in [1.29, 1.82) is 0 Å². The molecule has 0 spiro atoms. The lowest BCUT2D eigenvalue weighted by atomic mass is 10.1. The first-order valence-electron chi connectivity index (χ1n) is 5.08. The Morgan fingerprint density at radius 1 is 1.53 bits per heavy atom. The van der Waals surface area contributed by atoms with Gasteiger partial charge in [0, 0.05) is 11.6 Å². The van der Waals surface area contributed by atoms with Crippen molar-refractivity contribution in [3.05, 3.63) is 40.9 Å². The van der Waals surface area contributed by atoms with E-state index in [1.807, 2.05) is 12.1 Å². The lowest BCUT2D eigenvalue weighted by Gasteiger charge is -2.09. The molecule has 0 bridgehead atoms. The normalized spacial score (nSPS) is 19.5. The highest BCUT2D eigenvalue weighted by molar-refractivity contribution is 6.25. The minimum atomic E-state index is 0.173. The number of hydrogen-bond acceptors (Lipinski definition) is 2. The molecule has 1 aliphatic carbocycles. The predicted octanol–water partition coefficient (Wildman–Crippen LogP) is 2.76. The van der Waals surface area contributed by atoms with Gasteiger partial charge in [-0.1, -0.05) is 23.7 Å². The van der Waals surface area contributed by atoms with Crippen LogP contribution in [0, 0.1) is 0 Å². The van der Waals surface area contributed by atoms with Crippen molar-refractivity contribution in [2.24, 2.45) is 5.73 Å². The van der Waals surface area contributed by atoms with Gasteiger partial charge in [0.15, 0.2) is 0 Å². The molecule has 1 aromatic carbocycles. The van der Waals surface area contributed by atoms with Crippen molar-refractivity contribution in [3.63, 3.8) is 0 Å². The maximum absolute atomic E-state index is 5.98. The average Bonchev–Trinajstić information content (AvgIpc) is 2.62. The molecule has 0 amide bonds. The number of nitrogens with two attached hydrogens (primary N) is 1. The van der Waals surface area contributed by atoms with E-state index in [1.165, 1.54) is 16.7 Å². The summed E-state index contributed by atoms with van der Waals surface area (Å²) in [6.45, 7) is 0.509. The highest BCUT2D eigenvalue weighted by Crippen LogP contribution is 2.35. The summed E-state index contributed by atoms with van der Waals surface area (Å²) in [4.78, 5) is 0. The van der Waals surface area contributed by atoms with Gasteiger partial charge in [-0.25, -0.2) is 0 Å². The fourth-order valence-electron chi connectivity index (χ4n) is 1.96. The van der Waals surface area contributed by atoms with E-state index in [4.69, 9.17) is 22.1 Å². The smallest absolute Gasteiger partial charge is 0.123 e. The second-order valence-electron chi connectivity index (χ2n) is 3.64. The van der Waals surface area contributed by atoms with Crippen LogP contribution < -0.4 is 10.5 Å². The van der Waals surface area contributed by atoms with E-state index >= 15 is 0 Å². The summed E-state index contributed by atoms with van der Waals surface area (Å²) < 4.78 is 5.61. The van der Waals surface area contributed by atoms with Crippen molar-refractivity contribution in [3.8, 4) is 5.75 Å². The van der Waals surface area contributed by atoms with Gasteiger partial charge in [0.05, 0.1) is 0 Å². The van der Waals surface area contributed by atoms with Gasteiger partial charge in [-0.15, -0.1) is 0 Å². The summed E-state index contributed by atoms with van der Waals surface area (Å²) in [6, 6.07) is 6.23. The molecule has 2 rings (SSSR count). The number of hydrogen-bond donors (Lipinski definition) is 1. The zero-order valence-corrected chi connectivity index (χ0v) is 9.20. The molecular formula is C12H14ClNO. The van der Waals surface area contributed by atoms with Crippen LogP contribution in [0.5, 0.6) is 5.75 Å². The number of benzene rings is 1. The van der Waals surface area contributed by atoms with Crippen LogP contribution in [0.1, 0.15) is 23.6 Å². The fraction of sp³-hybridized carbons (Fsp3) is 0.333. The predicted molar refractivity (Wildman–Crippen MR) is 62.2 cm³/mol. The van der Waals surface area contributed by atoms with Crippen LogP contribution in [0.3, 0.4) is 0 Å². The zero-order valence-electron chi connectivity index (χ0n) is 8.45. The number of fused-ring (bicyclic) bond motifs is 1. The standard InChI is InChI=1S/C12H14ClNO/c13-7-2-8-15-12-4-1-3-9-10(12)5-6-11(9)14/h1-4,7,11H,5-6,8,14H2. The Balaban J connectivity index is 2.18. The summed E-state index contributed by atoms with van der Waals surface area (Å²) in [5, 5.41) is 0. The SMILES string of the molecule is NC1CCc2c(OCC=CCl)cccc21. The Labute approximate surface area is 94.7 Å². The minimum Gasteiger partial charge on any atom is -0.489 e. The molecule has 2 N–H and O–H groups in total. The molecule has 0 radical (unpaired) electrons. The molecule has 0 aromatic heterocycles. The van der Waals surface area contributed by atoms with E-state index in [0.29, 0.717) is 6.61 Å². The van der Waals surface area contributed by atoms with Crippen LogP contribution in [-0.4, -0.2) is 6.61 Å². The van der Waals surface area contributed by atoms with E-state index < -0.39 is 0 Å². The lowest BCUT2D eigenvalue weighted by molar-refractivity contribution is 0.359. The molecule has 1 unspecified atom stereocenters. The topological polar surface area (TPSA) is 35.2 Å². The second-order valence-corrected chi connectivity index (χ2v) is 3.89. The maximum atomic E-state index is 5.98. The van der Waals surface area contributed by atoms with Crippen molar-refractivity contribution >= 4 is 11.6 Å². The Morgan fingerprint density at radius 2 is 2.40 bits per heavy atom. The van der Waals surface area contributed by atoms with Crippen molar-refractivity contribution in [2.45, 2.75) is 18.9 Å². The van der Waals surface area contributed by atoms with Gasteiger partial charge in [0.1, 0.15) is 12.4 Å². The number of rotatable bonds is 3. The molecular weight excluding hydrogens is 210 g/mol. The highest BCUT2D eigenvalue weighted by atomic mass is 35.5. The van der Waals surface area contributed by atoms with E-state index in [-0.39, 0.29) is 6.04 Å². The molecule has 0 saturated heterocycles. The van der Waals surface area contributed by atoms with Crippen molar-refractivity contribution in [2.75, 3.05) is 6.61 Å². The molecule has 0 aliphatic heterocycles. The number of halogens is 1. The van der Waals surface area contributed by atoms with Crippen LogP contribution in [0.2, 0.25) is 0 Å². The molecule has 1 atom stereocenters. The van der Waals surface area contributed by atoms with Gasteiger partial charge in [0.2, 0.25) is 0 Å². The summed E-state index contributed by atoms with van der Waals surface area (Å²) in [5.74, 6) is 0.940. The quantitative estimate of drug-likeness (QED) is 0.855. The summed E-state index contributed by atoms with van der Waals surface area (Å²) in [6.07, 6.45) is 3.80. The molecule has 1 aromatic rings. The van der Waals surface area contributed by atoms with E-state index in [9.17, 15) is 0 Å². The lowest BCUT2D eigenvalue weighted by Crippen LogP contribution is -2.05. The van der Waals surface area contributed by atoms with E-state index in [0.717, 1.165) is 18.6 Å². The largest absolute Gasteiger partial charge is 0.489 e. The third-order valence-electron chi connectivity index (χ3n) is 2.70. The zero-order chi connectivity index (χ0) is 10.7. The first kappa shape index (κ1) is 10.5. The van der Waals surface area contributed by atoms with E-state index in [1.54, 1.807) is 6.08 Å². The first-order valence-corrected chi connectivity index (χ1v) is 5.52. The van der Waals surface area contributed by atoms with E-state index in [2.05, 4.69) is 6.07 Å². The van der Waals surface area contributed by atoms with Crippen LogP contribution in [0.25, 0.3) is 0 Å². The third-order valence-corrected chi connectivity index (χ3v) is 2.88. The highest BCUT2D eigenvalue weighted by Gasteiger charge is 2.21. The maximum Gasteiger partial charge on any atom is 0.123 e. The molecule has 0 fully saturated rings. The van der Waals surface area contributed by atoms with Crippen molar-refractivity contribution in [1.82, 2.24) is 0 Å². The molecule has 80 valence electrons. The van der Waals surface area contributed by atoms with Gasteiger partial charge in [-0.2, -0.15) is 0 Å². The summed E-state index contributed by atoms with van der Waals surface area (Å²) in [5.41, 5.74) is 9.93. The van der Waals surface area contributed by atoms with Gasteiger partial charge >= 0.3 is 0 Å². The summed E-state index contributed by atoms with van der Waals surface area (Å²) in [7, 11) is 0. The third kappa shape index (κ3) is 2.16. The Hall–Kier alpha value is -0.990. The molecule has 1 aliphatic rings. The van der Waals surface area contributed by atoms with Crippen molar-refractivity contribution < 1.29 is 4.74 Å². The average molecular weight is 224 g/mol. The fourth-order valence-corrected chi connectivity index (χ4v) is 2.04. The monoisotopic (exact) mass is 223 g/mol. The Morgan fingerprint density at radius 3 is 3.20 bits per heavy atom. The summed E-state index contributed by atoms with van der Waals surface area (Å²) >= 11 is 5.43. The second kappa shape index (κ2) is 4.69. The van der Waals surface area contributed by atoms with Crippen LogP contribution in [0.15, 0.2) is 29.8 Å². The first-order chi connectivity index (χ1) is 7.33. The molecule has 0 saturated carbocycles. The molecule has 0 heterocycles. The van der Waals surface area contributed by atoms with Gasteiger partial charge in [-0.3, -0.25) is 0 Å². The van der Waals surface area contributed by atoms with Gasteiger partial charge < -0.3 is 10.5 Å². The number of ether oxygens (including phenoxy) is 1. The minimum absolute atomic E-state index is 0.173. The molecule has 15 heavy (non-hydrogen) atoms. The van der Waals surface area contributed by atoms with Crippen LogP contribution in [0.4, 0.5) is 0 Å². The van der Waals surface area contributed by atoms with Crippen LogP contribution >= 0.6 is 11.6 Å². The van der Waals surface area contributed by atoms with Gasteiger partial charge in [0.25, 0.3) is 0 Å². The Kier molecular flexibility index (Phi) is 3.29. The molecule has 3 heteroatoms. The Bertz CT molecular complexity index is 376.